The molecule has 0 spiro atoms. The molecule has 0 aromatic heterocycles. The van der Waals surface area contributed by atoms with Crippen LogP contribution in [0.3, 0.4) is 0 Å². The second-order valence-corrected chi connectivity index (χ2v) is 5.73. The zero-order valence-corrected chi connectivity index (χ0v) is 14.8. The Bertz CT molecular complexity index is 958. The fourth-order valence-corrected chi connectivity index (χ4v) is 2.54. The SMILES string of the molecule is COc1cccc(N2C(=O)NC(=O)[C@H](/C=N\NC(=O)c3ccccc3)C2=O)c1. The standard InChI is InChI=1S/C19H16N4O5/c1-28-14-9-5-8-13(10-14)23-18(26)15(17(25)21-19(23)27)11-20-22-16(24)12-6-3-2-4-7-12/h2-11,15H,1H3,(H,22,24)(H,21,25,27)/b20-11-/t15-/m0/s1. The van der Waals surface area contributed by atoms with Gasteiger partial charge in [-0.3, -0.25) is 19.7 Å². The number of urea groups is 1. The summed E-state index contributed by atoms with van der Waals surface area (Å²) in [5.74, 6) is -3.05. The molecule has 0 bridgehead atoms. The number of anilines is 1. The van der Waals surface area contributed by atoms with Crippen LogP contribution >= 0.6 is 0 Å². The van der Waals surface area contributed by atoms with Crippen LogP contribution < -0.4 is 20.4 Å². The third kappa shape index (κ3) is 3.88. The lowest BCUT2D eigenvalue weighted by Gasteiger charge is -2.28. The molecule has 28 heavy (non-hydrogen) atoms. The smallest absolute Gasteiger partial charge is 0.335 e. The third-order valence-corrected chi connectivity index (χ3v) is 3.94. The van der Waals surface area contributed by atoms with Crippen molar-refractivity contribution in [3.8, 4) is 5.75 Å². The lowest BCUT2D eigenvalue weighted by atomic mass is 10.1. The van der Waals surface area contributed by atoms with Gasteiger partial charge in [-0.15, -0.1) is 0 Å². The Hall–Kier alpha value is -4.01. The Morgan fingerprint density at radius 3 is 2.61 bits per heavy atom. The maximum Gasteiger partial charge on any atom is 0.335 e. The molecule has 9 nitrogen and oxygen atoms in total. The van der Waals surface area contributed by atoms with E-state index in [1.165, 1.54) is 19.2 Å². The highest BCUT2D eigenvalue weighted by molar-refractivity contribution is 6.32. The van der Waals surface area contributed by atoms with Gasteiger partial charge in [0, 0.05) is 17.8 Å². The van der Waals surface area contributed by atoms with Crippen LogP contribution in [0.1, 0.15) is 10.4 Å². The van der Waals surface area contributed by atoms with E-state index in [2.05, 4.69) is 15.8 Å². The van der Waals surface area contributed by atoms with Crippen molar-refractivity contribution in [3.05, 3.63) is 60.2 Å². The number of carbonyl (C=O) groups excluding carboxylic acids is 4. The third-order valence-electron chi connectivity index (χ3n) is 3.94. The van der Waals surface area contributed by atoms with Crippen molar-refractivity contribution >= 4 is 35.7 Å². The van der Waals surface area contributed by atoms with Crippen molar-refractivity contribution in [2.45, 2.75) is 0 Å². The molecule has 5 amide bonds. The number of hydrogen-bond acceptors (Lipinski definition) is 6. The summed E-state index contributed by atoms with van der Waals surface area (Å²) in [6.07, 6.45) is 0.984. The zero-order valence-electron chi connectivity index (χ0n) is 14.8. The monoisotopic (exact) mass is 380 g/mol. The molecule has 1 fully saturated rings. The topological polar surface area (TPSA) is 117 Å². The summed E-state index contributed by atoms with van der Waals surface area (Å²) < 4.78 is 5.09. The first-order valence-corrected chi connectivity index (χ1v) is 8.22. The second-order valence-electron chi connectivity index (χ2n) is 5.73. The van der Waals surface area contributed by atoms with Crippen LogP contribution in [0.15, 0.2) is 59.7 Å². The highest BCUT2D eigenvalue weighted by Gasteiger charge is 2.40. The van der Waals surface area contributed by atoms with Gasteiger partial charge >= 0.3 is 6.03 Å². The van der Waals surface area contributed by atoms with E-state index >= 15 is 0 Å². The van der Waals surface area contributed by atoms with Gasteiger partial charge in [-0.05, 0) is 24.3 Å². The minimum absolute atomic E-state index is 0.237. The fraction of sp³-hybridized carbons (Fsp3) is 0.105. The molecule has 0 saturated carbocycles. The van der Waals surface area contributed by atoms with E-state index in [1.807, 2.05) is 0 Å². The van der Waals surface area contributed by atoms with Gasteiger partial charge in [0.25, 0.3) is 11.8 Å². The summed E-state index contributed by atoms with van der Waals surface area (Å²) in [5, 5.41) is 5.79. The van der Waals surface area contributed by atoms with Gasteiger partial charge in [-0.1, -0.05) is 24.3 Å². The fourth-order valence-electron chi connectivity index (χ4n) is 2.54. The van der Waals surface area contributed by atoms with Gasteiger partial charge in [0.1, 0.15) is 5.75 Å². The molecule has 1 atom stereocenters. The number of methoxy groups -OCH3 is 1. The Kier molecular flexibility index (Phi) is 5.45. The van der Waals surface area contributed by atoms with Crippen molar-refractivity contribution in [1.29, 1.82) is 0 Å². The number of nitrogens with one attached hydrogen (secondary N) is 2. The minimum atomic E-state index is -1.38. The van der Waals surface area contributed by atoms with E-state index in [1.54, 1.807) is 42.5 Å². The lowest BCUT2D eigenvalue weighted by molar-refractivity contribution is -0.131. The minimum Gasteiger partial charge on any atom is -0.497 e. The molecule has 1 heterocycles. The van der Waals surface area contributed by atoms with Crippen LogP contribution in [0.2, 0.25) is 0 Å². The average molecular weight is 380 g/mol. The number of rotatable bonds is 5. The average Bonchev–Trinajstić information content (AvgIpc) is 2.71. The molecule has 3 rings (SSSR count). The van der Waals surface area contributed by atoms with Gasteiger partial charge in [0.2, 0.25) is 5.91 Å². The van der Waals surface area contributed by atoms with Crippen molar-refractivity contribution in [1.82, 2.24) is 10.7 Å². The van der Waals surface area contributed by atoms with Crippen LogP contribution in [0.25, 0.3) is 0 Å². The number of imide groups is 2. The molecule has 0 aliphatic carbocycles. The number of carbonyl (C=O) groups is 4. The first-order chi connectivity index (χ1) is 13.5. The van der Waals surface area contributed by atoms with E-state index in [-0.39, 0.29) is 5.69 Å². The van der Waals surface area contributed by atoms with Crippen LogP contribution in [0, 0.1) is 5.92 Å². The van der Waals surface area contributed by atoms with Crippen LogP contribution in [0.4, 0.5) is 10.5 Å². The summed E-state index contributed by atoms with van der Waals surface area (Å²) in [7, 11) is 1.45. The summed E-state index contributed by atoms with van der Waals surface area (Å²) >= 11 is 0. The first-order valence-electron chi connectivity index (χ1n) is 8.22. The van der Waals surface area contributed by atoms with Crippen LogP contribution in [-0.2, 0) is 9.59 Å². The maximum atomic E-state index is 12.7. The molecule has 1 aliphatic heterocycles. The van der Waals surface area contributed by atoms with E-state index < -0.39 is 29.7 Å². The summed E-state index contributed by atoms with van der Waals surface area (Å²) in [6, 6.07) is 13.7. The number of benzene rings is 2. The Labute approximate surface area is 160 Å². The predicted octanol–water partition coefficient (Wildman–Crippen LogP) is 1.31. The molecular weight excluding hydrogens is 364 g/mol. The normalized spacial score (nSPS) is 16.8. The quantitative estimate of drug-likeness (QED) is 0.461. The molecule has 0 unspecified atom stereocenters. The van der Waals surface area contributed by atoms with Gasteiger partial charge in [0.15, 0.2) is 5.92 Å². The van der Waals surface area contributed by atoms with Gasteiger partial charge in [-0.25, -0.2) is 15.1 Å². The zero-order chi connectivity index (χ0) is 20.1. The molecule has 1 aliphatic rings. The number of hydrazone groups is 1. The Balaban J connectivity index is 1.77. The number of hydrogen-bond donors (Lipinski definition) is 2. The molecule has 2 aromatic carbocycles. The molecule has 2 aromatic rings. The highest BCUT2D eigenvalue weighted by atomic mass is 16.5. The second kappa shape index (κ2) is 8.12. The molecule has 9 heteroatoms. The predicted molar refractivity (Wildman–Crippen MR) is 99.9 cm³/mol. The number of amides is 5. The van der Waals surface area contributed by atoms with Crippen molar-refractivity contribution in [2.24, 2.45) is 11.0 Å². The summed E-state index contributed by atoms with van der Waals surface area (Å²) in [4.78, 5) is 49.7. The van der Waals surface area contributed by atoms with E-state index in [4.69, 9.17) is 4.74 Å². The van der Waals surface area contributed by atoms with Crippen molar-refractivity contribution in [3.63, 3.8) is 0 Å². The van der Waals surface area contributed by atoms with Gasteiger partial charge in [-0.2, -0.15) is 5.10 Å². The van der Waals surface area contributed by atoms with E-state index in [0.717, 1.165) is 11.1 Å². The Morgan fingerprint density at radius 1 is 1.14 bits per heavy atom. The van der Waals surface area contributed by atoms with Crippen LogP contribution in [0.5, 0.6) is 5.75 Å². The lowest BCUT2D eigenvalue weighted by Crippen LogP contribution is -2.58. The summed E-state index contributed by atoms with van der Waals surface area (Å²) in [6.45, 7) is 0. The largest absolute Gasteiger partial charge is 0.497 e. The molecule has 1 saturated heterocycles. The number of ether oxygens (including phenoxy) is 1. The number of barbiturate groups is 1. The van der Waals surface area contributed by atoms with Gasteiger partial charge in [0.05, 0.1) is 12.8 Å². The molecular formula is C19H16N4O5. The van der Waals surface area contributed by atoms with E-state index in [0.29, 0.717) is 11.3 Å². The van der Waals surface area contributed by atoms with Crippen molar-refractivity contribution in [2.75, 3.05) is 12.0 Å². The Morgan fingerprint density at radius 2 is 1.89 bits per heavy atom. The van der Waals surface area contributed by atoms with Gasteiger partial charge < -0.3 is 4.74 Å². The molecule has 0 radical (unpaired) electrons. The maximum absolute atomic E-state index is 12.7. The first kappa shape index (κ1) is 18.8. The van der Waals surface area contributed by atoms with E-state index in [9.17, 15) is 19.2 Å². The van der Waals surface area contributed by atoms with Crippen LogP contribution in [-0.4, -0.2) is 37.1 Å². The summed E-state index contributed by atoms with van der Waals surface area (Å²) in [5.41, 5.74) is 2.85. The molecule has 142 valence electrons. The molecule has 2 N–H and O–H groups in total. The highest BCUT2D eigenvalue weighted by Crippen LogP contribution is 2.24. The van der Waals surface area contributed by atoms with Crippen molar-refractivity contribution < 1.29 is 23.9 Å². The number of nitrogens with zero attached hydrogens (tertiary/aromatic N) is 2.